The van der Waals surface area contributed by atoms with E-state index in [2.05, 4.69) is 10.5 Å². The van der Waals surface area contributed by atoms with E-state index in [9.17, 15) is 5.21 Å². The molecule has 1 aliphatic rings. The minimum absolute atomic E-state index is 0.308. The maximum Gasteiger partial charge on any atom is 0.153 e. The zero-order valence-corrected chi connectivity index (χ0v) is 17.8. The second-order valence-electron chi connectivity index (χ2n) is 7.67. The average Bonchev–Trinajstić information content (AvgIpc) is 3.19. The monoisotopic (exact) mass is 432 g/mol. The minimum atomic E-state index is -0.533. The SMILES string of the molecule is ONC1=N[C@H](COCc2ccccc2)[C@@H](OCc2ccccc2)[C@H]1OCc1ccccc1. The Morgan fingerprint density at radius 1 is 0.688 bits per heavy atom. The molecular formula is C26H28N2O4. The number of rotatable bonds is 10. The first-order valence-corrected chi connectivity index (χ1v) is 10.7. The fourth-order valence-corrected chi connectivity index (χ4v) is 3.68. The molecule has 3 aromatic rings. The summed E-state index contributed by atoms with van der Waals surface area (Å²) in [4.78, 5) is 4.61. The van der Waals surface area contributed by atoms with Gasteiger partial charge < -0.3 is 14.2 Å². The van der Waals surface area contributed by atoms with Crippen molar-refractivity contribution in [1.82, 2.24) is 5.48 Å². The molecule has 32 heavy (non-hydrogen) atoms. The van der Waals surface area contributed by atoms with Crippen LogP contribution < -0.4 is 5.48 Å². The van der Waals surface area contributed by atoms with Gasteiger partial charge in [-0.2, -0.15) is 0 Å². The van der Waals surface area contributed by atoms with Crippen LogP contribution in [0.25, 0.3) is 0 Å². The Bertz CT molecular complexity index is 967. The Morgan fingerprint density at radius 3 is 1.72 bits per heavy atom. The number of hydrogen-bond donors (Lipinski definition) is 2. The van der Waals surface area contributed by atoms with Gasteiger partial charge >= 0.3 is 0 Å². The van der Waals surface area contributed by atoms with Crippen molar-refractivity contribution in [3.8, 4) is 0 Å². The van der Waals surface area contributed by atoms with Crippen LogP contribution in [0.5, 0.6) is 0 Å². The number of hydroxylamine groups is 1. The van der Waals surface area contributed by atoms with Gasteiger partial charge in [0.25, 0.3) is 0 Å². The lowest BCUT2D eigenvalue weighted by molar-refractivity contribution is -0.0712. The van der Waals surface area contributed by atoms with Crippen LogP contribution in [-0.2, 0) is 34.0 Å². The molecule has 0 bridgehead atoms. The summed E-state index contributed by atoms with van der Waals surface area (Å²) in [5, 5.41) is 9.70. The summed E-state index contributed by atoms with van der Waals surface area (Å²) in [7, 11) is 0. The quantitative estimate of drug-likeness (QED) is 0.471. The molecule has 0 unspecified atom stereocenters. The molecular weight excluding hydrogens is 404 g/mol. The van der Waals surface area contributed by atoms with E-state index in [1.807, 2.05) is 91.0 Å². The molecule has 6 nitrogen and oxygen atoms in total. The maximum atomic E-state index is 9.70. The Balaban J connectivity index is 1.43. The van der Waals surface area contributed by atoms with Crippen molar-refractivity contribution in [3.63, 3.8) is 0 Å². The van der Waals surface area contributed by atoms with Crippen molar-refractivity contribution in [2.24, 2.45) is 4.99 Å². The second kappa shape index (κ2) is 11.5. The molecule has 3 atom stereocenters. The highest BCUT2D eigenvalue weighted by atomic mass is 16.6. The van der Waals surface area contributed by atoms with Crippen LogP contribution >= 0.6 is 0 Å². The predicted molar refractivity (Wildman–Crippen MR) is 122 cm³/mol. The molecule has 0 amide bonds. The summed E-state index contributed by atoms with van der Waals surface area (Å²) >= 11 is 0. The van der Waals surface area contributed by atoms with Crippen LogP contribution in [0.3, 0.4) is 0 Å². The summed E-state index contributed by atoms with van der Waals surface area (Å²) in [6.07, 6.45) is -0.932. The Hall–Kier alpha value is -3.03. The Labute approximate surface area is 188 Å². The van der Waals surface area contributed by atoms with Crippen molar-refractivity contribution in [2.45, 2.75) is 38.1 Å². The lowest BCUT2D eigenvalue weighted by Gasteiger charge is -2.25. The van der Waals surface area contributed by atoms with Crippen LogP contribution in [0.4, 0.5) is 0 Å². The van der Waals surface area contributed by atoms with Crippen molar-refractivity contribution < 1.29 is 19.4 Å². The van der Waals surface area contributed by atoms with Gasteiger partial charge in [0.15, 0.2) is 5.84 Å². The molecule has 0 aromatic heterocycles. The number of amidine groups is 1. The first kappa shape index (κ1) is 22.2. The lowest BCUT2D eigenvalue weighted by atomic mass is 10.1. The van der Waals surface area contributed by atoms with Crippen LogP contribution in [0.1, 0.15) is 16.7 Å². The fourth-order valence-electron chi connectivity index (χ4n) is 3.68. The largest absolute Gasteiger partial charge is 0.374 e. The normalized spacial score (nSPS) is 20.2. The predicted octanol–water partition coefficient (Wildman–Crippen LogP) is 4.13. The zero-order chi connectivity index (χ0) is 22.0. The van der Waals surface area contributed by atoms with Crippen molar-refractivity contribution in [2.75, 3.05) is 6.61 Å². The Kier molecular flexibility index (Phi) is 8.00. The highest BCUT2D eigenvalue weighted by Crippen LogP contribution is 2.24. The van der Waals surface area contributed by atoms with Crippen molar-refractivity contribution >= 4 is 5.84 Å². The van der Waals surface area contributed by atoms with E-state index in [1.54, 1.807) is 0 Å². The highest BCUT2D eigenvalue weighted by Gasteiger charge is 2.41. The summed E-state index contributed by atoms with van der Waals surface area (Å²) < 4.78 is 18.4. The first-order chi connectivity index (χ1) is 15.8. The maximum absolute atomic E-state index is 9.70. The standard InChI is InChI=1S/C26H28N2O4/c29-28-26-25(32-18-22-14-8-3-9-15-22)24(31-17-21-12-6-2-7-13-21)23(27-26)19-30-16-20-10-4-1-5-11-20/h1-15,23-25,29H,16-19H2,(H,27,28)/t23-,24-,25-/m1/s1. The molecule has 4 rings (SSSR count). The molecule has 0 saturated heterocycles. The first-order valence-electron chi connectivity index (χ1n) is 10.7. The van der Waals surface area contributed by atoms with Gasteiger partial charge in [-0.1, -0.05) is 91.0 Å². The van der Waals surface area contributed by atoms with Gasteiger partial charge in [-0.15, -0.1) is 0 Å². The van der Waals surface area contributed by atoms with E-state index in [-0.39, 0.29) is 6.04 Å². The summed E-state index contributed by atoms with van der Waals surface area (Å²) in [5.41, 5.74) is 5.39. The topological polar surface area (TPSA) is 72.3 Å². The van der Waals surface area contributed by atoms with Gasteiger partial charge in [-0.25, -0.2) is 0 Å². The number of ether oxygens (including phenoxy) is 3. The molecule has 6 heteroatoms. The van der Waals surface area contributed by atoms with E-state index in [1.165, 1.54) is 0 Å². The molecule has 1 aliphatic heterocycles. The van der Waals surface area contributed by atoms with Crippen LogP contribution in [-0.4, -0.2) is 35.9 Å². The molecule has 0 radical (unpaired) electrons. The number of hydrogen-bond acceptors (Lipinski definition) is 6. The van der Waals surface area contributed by atoms with Gasteiger partial charge in [-0.05, 0) is 16.7 Å². The summed E-state index contributed by atoms with van der Waals surface area (Å²) in [6, 6.07) is 29.6. The number of aliphatic imine (C=N–C) groups is 1. The minimum Gasteiger partial charge on any atom is -0.374 e. The smallest absolute Gasteiger partial charge is 0.153 e. The van der Waals surface area contributed by atoms with Gasteiger partial charge in [0.05, 0.1) is 26.4 Å². The third-order valence-electron chi connectivity index (χ3n) is 5.32. The number of nitrogens with one attached hydrogen (secondary N) is 1. The molecule has 2 N–H and O–H groups in total. The third-order valence-corrected chi connectivity index (χ3v) is 5.32. The van der Waals surface area contributed by atoms with E-state index >= 15 is 0 Å². The van der Waals surface area contributed by atoms with Crippen molar-refractivity contribution in [1.29, 1.82) is 0 Å². The molecule has 1 heterocycles. The third kappa shape index (κ3) is 6.02. The summed E-state index contributed by atoms with van der Waals surface area (Å²) in [6.45, 7) is 1.63. The molecule has 0 saturated carbocycles. The number of benzene rings is 3. The molecule has 0 spiro atoms. The fraction of sp³-hybridized carbons (Fsp3) is 0.269. The van der Waals surface area contributed by atoms with Crippen molar-refractivity contribution in [3.05, 3.63) is 108 Å². The van der Waals surface area contributed by atoms with Crippen LogP contribution in [0, 0.1) is 0 Å². The van der Waals surface area contributed by atoms with Crippen LogP contribution in [0.15, 0.2) is 96.0 Å². The molecule has 0 fully saturated rings. The van der Waals surface area contributed by atoms with E-state index < -0.39 is 12.2 Å². The van der Waals surface area contributed by atoms with Crippen LogP contribution in [0.2, 0.25) is 0 Å². The van der Waals surface area contributed by atoms with Gasteiger partial charge in [0.2, 0.25) is 0 Å². The van der Waals surface area contributed by atoms with E-state index in [4.69, 9.17) is 14.2 Å². The van der Waals surface area contributed by atoms with E-state index in [0.717, 1.165) is 16.7 Å². The summed E-state index contributed by atoms with van der Waals surface area (Å²) in [5.74, 6) is 0.354. The molecule has 3 aromatic carbocycles. The van der Waals surface area contributed by atoms with Gasteiger partial charge in [-0.3, -0.25) is 15.7 Å². The highest BCUT2D eigenvalue weighted by molar-refractivity contribution is 5.88. The van der Waals surface area contributed by atoms with Gasteiger partial charge in [0, 0.05) is 0 Å². The lowest BCUT2D eigenvalue weighted by Crippen LogP contribution is -2.43. The second-order valence-corrected chi connectivity index (χ2v) is 7.67. The number of nitrogens with zero attached hydrogens (tertiary/aromatic N) is 1. The Morgan fingerprint density at radius 2 is 1.19 bits per heavy atom. The van der Waals surface area contributed by atoms with Gasteiger partial charge in [0.1, 0.15) is 18.2 Å². The average molecular weight is 433 g/mol. The molecule has 0 aliphatic carbocycles. The zero-order valence-electron chi connectivity index (χ0n) is 17.8. The van der Waals surface area contributed by atoms with E-state index in [0.29, 0.717) is 32.3 Å². The molecule has 166 valence electrons.